The van der Waals surface area contributed by atoms with Gasteiger partial charge >= 0.3 is 12.1 Å². The molecule has 1 rings (SSSR count). The summed E-state index contributed by atoms with van der Waals surface area (Å²) in [5, 5.41) is 11.6. The van der Waals surface area contributed by atoms with Crippen LogP contribution in [0, 0.1) is 0 Å². The molecule has 0 heterocycles. The van der Waals surface area contributed by atoms with Crippen LogP contribution in [0.4, 0.5) is 10.5 Å². The number of hydrogen-bond acceptors (Lipinski definition) is 3. The van der Waals surface area contributed by atoms with Crippen molar-refractivity contribution in [3.63, 3.8) is 0 Å². The third-order valence-electron chi connectivity index (χ3n) is 2.90. The molecule has 1 amide bonds. The van der Waals surface area contributed by atoms with E-state index in [1.165, 1.54) is 0 Å². The van der Waals surface area contributed by atoms with Crippen molar-refractivity contribution in [1.82, 2.24) is 0 Å². The number of carbonyl (C=O) groups excluding carboxylic acids is 1. The van der Waals surface area contributed by atoms with E-state index >= 15 is 0 Å². The second kappa shape index (κ2) is 6.16. The monoisotopic (exact) mass is 293 g/mol. The molecule has 0 aliphatic rings. The third kappa shape index (κ3) is 5.85. The van der Waals surface area contributed by atoms with Crippen molar-refractivity contribution in [2.24, 2.45) is 0 Å². The number of carboxylic acids is 1. The predicted molar refractivity (Wildman–Crippen MR) is 81.6 cm³/mol. The molecule has 5 nitrogen and oxygen atoms in total. The number of benzene rings is 1. The minimum absolute atomic E-state index is 0.0475. The number of rotatable bonds is 4. The average molecular weight is 293 g/mol. The summed E-state index contributed by atoms with van der Waals surface area (Å²) < 4.78 is 5.16. The molecule has 0 spiro atoms. The van der Waals surface area contributed by atoms with Gasteiger partial charge in [-0.25, -0.2) is 4.79 Å². The van der Waals surface area contributed by atoms with Crippen molar-refractivity contribution < 1.29 is 19.4 Å². The molecule has 5 heteroatoms. The summed E-state index contributed by atoms with van der Waals surface area (Å²) in [7, 11) is 0. The van der Waals surface area contributed by atoms with E-state index in [4.69, 9.17) is 9.84 Å². The Balaban J connectivity index is 2.74. The van der Waals surface area contributed by atoms with Crippen LogP contribution in [-0.2, 0) is 14.9 Å². The fraction of sp³-hybridized carbons (Fsp3) is 0.500. The van der Waals surface area contributed by atoms with Crippen molar-refractivity contribution in [1.29, 1.82) is 0 Å². The Kier molecular flexibility index (Phi) is 4.99. The van der Waals surface area contributed by atoms with E-state index in [9.17, 15) is 9.59 Å². The lowest BCUT2D eigenvalue weighted by Crippen LogP contribution is -2.27. The largest absolute Gasteiger partial charge is 0.481 e. The van der Waals surface area contributed by atoms with Crippen LogP contribution in [0.25, 0.3) is 0 Å². The molecule has 0 aliphatic heterocycles. The first-order valence-electron chi connectivity index (χ1n) is 6.82. The van der Waals surface area contributed by atoms with E-state index in [1.54, 1.807) is 32.9 Å². The molecular formula is C16H23NO4. The molecule has 0 radical (unpaired) electrons. The molecule has 0 saturated heterocycles. The predicted octanol–water partition coefficient (Wildman–Crippen LogP) is 3.79. The van der Waals surface area contributed by atoms with Crippen LogP contribution in [0.15, 0.2) is 24.3 Å². The van der Waals surface area contributed by atoms with Crippen LogP contribution in [0.1, 0.15) is 46.6 Å². The van der Waals surface area contributed by atoms with Gasteiger partial charge in [-0.1, -0.05) is 26.0 Å². The van der Waals surface area contributed by atoms with Crippen molar-refractivity contribution in [3.8, 4) is 0 Å². The average Bonchev–Trinajstić information content (AvgIpc) is 2.24. The van der Waals surface area contributed by atoms with Crippen molar-refractivity contribution in [2.75, 3.05) is 5.32 Å². The minimum atomic E-state index is -0.837. The zero-order chi connectivity index (χ0) is 16.3. The molecule has 0 saturated carbocycles. The second-order valence-corrected chi connectivity index (χ2v) is 6.66. The van der Waals surface area contributed by atoms with Crippen LogP contribution in [0.5, 0.6) is 0 Å². The normalized spacial score (nSPS) is 11.9. The molecule has 0 aliphatic carbocycles. The van der Waals surface area contributed by atoms with Gasteiger partial charge in [0.1, 0.15) is 5.60 Å². The number of ether oxygens (including phenoxy) is 1. The molecular weight excluding hydrogens is 270 g/mol. The molecule has 1 aromatic carbocycles. The third-order valence-corrected chi connectivity index (χ3v) is 2.90. The fourth-order valence-electron chi connectivity index (χ4n) is 1.91. The number of amides is 1. The zero-order valence-electron chi connectivity index (χ0n) is 13.2. The Morgan fingerprint density at radius 3 is 2.05 bits per heavy atom. The molecule has 2 N–H and O–H groups in total. The van der Waals surface area contributed by atoms with Crippen LogP contribution >= 0.6 is 0 Å². The quantitative estimate of drug-likeness (QED) is 0.885. The highest BCUT2D eigenvalue weighted by Gasteiger charge is 2.24. The summed E-state index contributed by atoms with van der Waals surface area (Å²) in [6.45, 7) is 9.13. The number of carbonyl (C=O) groups is 2. The van der Waals surface area contributed by atoms with E-state index in [0.29, 0.717) is 5.69 Å². The van der Waals surface area contributed by atoms with Gasteiger partial charge in [0.05, 0.1) is 6.42 Å². The van der Waals surface area contributed by atoms with Gasteiger partial charge in [-0.15, -0.1) is 0 Å². The topological polar surface area (TPSA) is 75.6 Å². The Bertz CT molecular complexity index is 512. The van der Waals surface area contributed by atoms with E-state index < -0.39 is 23.1 Å². The van der Waals surface area contributed by atoms with Crippen LogP contribution in [0.2, 0.25) is 0 Å². The van der Waals surface area contributed by atoms with Gasteiger partial charge in [-0.2, -0.15) is 0 Å². The SMILES string of the molecule is CC(C)(C)OC(=O)Nc1ccc(C(C)(C)CC(=O)O)cc1. The number of carboxylic acid groups (broad SMARTS) is 1. The Labute approximate surface area is 125 Å². The summed E-state index contributed by atoms with van der Waals surface area (Å²) in [4.78, 5) is 22.5. The summed E-state index contributed by atoms with van der Waals surface area (Å²) >= 11 is 0. The Morgan fingerprint density at radius 1 is 1.10 bits per heavy atom. The molecule has 0 unspecified atom stereocenters. The van der Waals surface area contributed by atoms with Gasteiger partial charge in [0, 0.05) is 11.1 Å². The summed E-state index contributed by atoms with van der Waals surface area (Å²) in [6.07, 6.45) is -0.466. The van der Waals surface area contributed by atoms with Crippen LogP contribution in [-0.4, -0.2) is 22.8 Å². The van der Waals surface area contributed by atoms with Gasteiger partial charge in [0.2, 0.25) is 0 Å². The highest BCUT2D eigenvalue weighted by molar-refractivity contribution is 5.84. The number of hydrogen-bond donors (Lipinski definition) is 2. The number of anilines is 1. The summed E-state index contributed by atoms with van der Waals surface area (Å²) in [5.41, 5.74) is 0.503. The van der Waals surface area contributed by atoms with Gasteiger partial charge in [0.25, 0.3) is 0 Å². The molecule has 0 fully saturated rings. The molecule has 0 aromatic heterocycles. The van der Waals surface area contributed by atoms with Gasteiger partial charge in [0.15, 0.2) is 0 Å². The summed E-state index contributed by atoms with van der Waals surface area (Å²) in [6, 6.07) is 7.11. The molecule has 0 atom stereocenters. The number of nitrogens with one attached hydrogen (secondary N) is 1. The minimum Gasteiger partial charge on any atom is -0.481 e. The fourth-order valence-corrected chi connectivity index (χ4v) is 1.91. The van der Waals surface area contributed by atoms with Crippen LogP contribution < -0.4 is 5.32 Å². The lowest BCUT2D eigenvalue weighted by Gasteiger charge is -2.23. The van der Waals surface area contributed by atoms with Crippen LogP contribution in [0.3, 0.4) is 0 Å². The Morgan fingerprint density at radius 2 is 1.62 bits per heavy atom. The van der Waals surface area contributed by atoms with Gasteiger partial charge in [-0.05, 0) is 38.5 Å². The van der Waals surface area contributed by atoms with Gasteiger partial charge < -0.3 is 9.84 Å². The molecule has 0 bridgehead atoms. The maximum absolute atomic E-state index is 11.6. The highest BCUT2D eigenvalue weighted by Crippen LogP contribution is 2.28. The first kappa shape index (κ1) is 17.0. The van der Waals surface area contributed by atoms with Gasteiger partial charge in [-0.3, -0.25) is 10.1 Å². The number of aliphatic carboxylic acids is 1. The molecule has 21 heavy (non-hydrogen) atoms. The summed E-state index contributed by atoms with van der Waals surface area (Å²) in [5.74, 6) is -0.837. The van der Waals surface area contributed by atoms with E-state index in [2.05, 4.69) is 5.32 Å². The lowest BCUT2D eigenvalue weighted by molar-refractivity contribution is -0.138. The maximum atomic E-state index is 11.6. The molecule has 1 aromatic rings. The first-order valence-corrected chi connectivity index (χ1v) is 6.82. The highest BCUT2D eigenvalue weighted by atomic mass is 16.6. The second-order valence-electron chi connectivity index (χ2n) is 6.66. The standard InChI is InChI=1S/C16H23NO4/c1-15(2,3)21-14(20)17-12-8-6-11(7-9-12)16(4,5)10-13(18)19/h6-9H,10H2,1-5H3,(H,17,20)(H,18,19). The van der Waals surface area contributed by atoms with Crippen molar-refractivity contribution >= 4 is 17.7 Å². The zero-order valence-corrected chi connectivity index (χ0v) is 13.2. The van der Waals surface area contributed by atoms with E-state index in [0.717, 1.165) is 5.56 Å². The van der Waals surface area contributed by atoms with Crippen molar-refractivity contribution in [2.45, 2.75) is 52.1 Å². The van der Waals surface area contributed by atoms with Crippen molar-refractivity contribution in [3.05, 3.63) is 29.8 Å². The molecule has 116 valence electrons. The first-order chi connectivity index (χ1) is 9.49. The Hall–Kier alpha value is -2.04. The maximum Gasteiger partial charge on any atom is 0.412 e. The smallest absolute Gasteiger partial charge is 0.412 e. The van der Waals surface area contributed by atoms with E-state index in [-0.39, 0.29) is 6.42 Å². The van der Waals surface area contributed by atoms with E-state index in [1.807, 2.05) is 26.0 Å². The lowest BCUT2D eigenvalue weighted by atomic mass is 9.81.